The number of methoxy groups -OCH3 is 2. The van der Waals surface area contributed by atoms with Crippen molar-refractivity contribution in [2.75, 3.05) is 53.6 Å². The van der Waals surface area contributed by atoms with Gasteiger partial charge in [-0.3, -0.25) is 9.59 Å². The number of amides is 1. The third-order valence-electron chi connectivity index (χ3n) is 6.14. The summed E-state index contributed by atoms with van der Waals surface area (Å²) in [5.41, 5.74) is 0.348. The predicted molar refractivity (Wildman–Crippen MR) is 118 cm³/mol. The number of aliphatic hydroxyl groups excluding tert-OH is 1. The molecule has 1 atom stereocenters. The Morgan fingerprint density at radius 2 is 1.91 bits per heavy atom. The molecule has 1 aromatic heterocycles. The number of quaternary nitrogens is 1. The van der Waals surface area contributed by atoms with Crippen LogP contribution in [0.25, 0.3) is 5.76 Å². The Kier molecular flexibility index (Phi) is 7.00. The van der Waals surface area contributed by atoms with Crippen molar-refractivity contribution < 1.29 is 38.2 Å². The minimum atomic E-state index is -0.798. The van der Waals surface area contributed by atoms with Crippen LogP contribution in [-0.2, 0) is 14.3 Å². The molecule has 2 aliphatic rings. The fourth-order valence-corrected chi connectivity index (χ4v) is 4.40. The van der Waals surface area contributed by atoms with Gasteiger partial charge in [-0.05, 0) is 30.3 Å². The molecule has 0 unspecified atom stereocenters. The molecule has 4 rings (SSSR count). The van der Waals surface area contributed by atoms with E-state index in [1.165, 1.54) is 30.3 Å². The number of nitrogens with zero attached hydrogens (tertiary/aromatic N) is 1. The second kappa shape index (κ2) is 10.1. The molecule has 0 radical (unpaired) electrons. The smallest absolute Gasteiger partial charge is 0.295 e. The van der Waals surface area contributed by atoms with E-state index >= 15 is 0 Å². The number of furan rings is 1. The number of carbonyl (C=O) groups excluding carboxylic acids is 2. The van der Waals surface area contributed by atoms with Gasteiger partial charge in [0, 0.05) is 18.5 Å². The molecule has 9 nitrogen and oxygen atoms in total. The fraction of sp³-hybridized carbons (Fsp3) is 0.417. The van der Waals surface area contributed by atoms with E-state index in [-0.39, 0.29) is 11.3 Å². The van der Waals surface area contributed by atoms with E-state index in [4.69, 9.17) is 18.6 Å². The van der Waals surface area contributed by atoms with E-state index in [1.54, 1.807) is 30.3 Å². The van der Waals surface area contributed by atoms with Crippen LogP contribution in [0.2, 0.25) is 0 Å². The van der Waals surface area contributed by atoms with Crippen molar-refractivity contribution in [2.45, 2.75) is 12.5 Å². The summed E-state index contributed by atoms with van der Waals surface area (Å²) in [5, 5.41) is 11.1. The quantitative estimate of drug-likeness (QED) is 0.347. The molecule has 1 aromatic carbocycles. The number of ketones is 1. The Hall–Kier alpha value is -3.30. The van der Waals surface area contributed by atoms with Crippen molar-refractivity contribution in [3.8, 4) is 11.5 Å². The highest BCUT2D eigenvalue weighted by Gasteiger charge is 2.47. The number of hydrogen-bond acceptors (Lipinski definition) is 7. The van der Waals surface area contributed by atoms with Crippen LogP contribution >= 0.6 is 0 Å². The number of ether oxygens (including phenoxy) is 3. The van der Waals surface area contributed by atoms with Crippen LogP contribution in [0.15, 0.2) is 46.6 Å². The van der Waals surface area contributed by atoms with E-state index in [2.05, 4.69) is 0 Å². The van der Waals surface area contributed by atoms with E-state index in [9.17, 15) is 14.7 Å². The molecular weight excluding hydrogens is 428 g/mol. The van der Waals surface area contributed by atoms with Crippen molar-refractivity contribution in [1.82, 2.24) is 4.90 Å². The first-order chi connectivity index (χ1) is 16.0. The van der Waals surface area contributed by atoms with Gasteiger partial charge in [-0.2, -0.15) is 0 Å². The maximum Gasteiger partial charge on any atom is 0.295 e. The number of morpholine rings is 1. The van der Waals surface area contributed by atoms with Crippen LogP contribution < -0.4 is 14.4 Å². The molecule has 2 fully saturated rings. The second-order valence-corrected chi connectivity index (χ2v) is 8.04. The molecule has 1 amide bonds. The van der Waals surface area contributed by atoms with Gasteiger partial charge in [0.2, 0.25) is 0 Å². The molecule has 3 heterocycles. The van der Waals surface area contributed by atoms with E-state index in [0.29, 0.717) is 29.4 Å². The minimum Gasteiger partial charge on any atom is -0.507 e. The second-order valence-electron chi connectivity index (χ2n) is 8.04. The summed E-state index contributed by atoms with van der Waals surface area (Å²) >= 11 is 0. The summed E-state index contributed by atoms with van der Waals surface area (Å²) in [6.07, 6.45) is 2.21. The molecule has 9 heteroatoms. The zero-order valence-corrected chi connectivity index (χ0v) is 18.8. The maximum atomic E-state index is 13.1. The lowest BCUT2D eigenvalue weighted by Crippen LogP contribution is -3.14. The van der Waals surface area contributed by atoms with Crippen LogP contribution in [0.1, 0.15) is 23.8 Å². The average Bonchev–Trinajstić information content (AvgIpc) is 3.46. The number of aliphatic hydroxyl groups is 1. The maximum absolute atomic E-state index is 13.1. The van der Waals surface area contributed by atoms with Gasteiger partial charge in [-0.25, -0.2) is 0 Å². The Bertz CT molecular complexity index is 1030. The molecule has 176 valence electrons. The number of carbonyl (C=O) groups is 2. The van der Waals surface area contributed by atoms with E-state index in [1.807, 2.05) is 0 Å². The fourth-order valence-electron chi connectivity index (χ4n) is 4.40. The largest absolute Gasteiger partial charge is 0.507 e. The monoisotopic (exact) mass is 457 g/mol. The third-order valence-corrected chi connectivity index (χ3v) is 6.14. The van der Waals surface area contributed by atoms with E-state index < -0.39 is 17.7 Å². The molecule has 0 bridgehead atoms. The van der Waals surface area contributed by atoms with Gasteiger partial charge in [0.05, 0.1) is 45.8 Å². The average molecular weight is 458 g/mol. The van der Waals surface area contributed by atoms with Gasteiger partial charge in [-0.1, -0.05) is 0 Å². The van der Waals surface area contributed by atoms with Crippen LogP contribution in [-0.4, -0.2) is 75.3 Å². The first-order valence-electron chi connectivity index (χ1n) is 11.0. The lowest BCUT2D eigenvalue weighted by Gasteiger charge is -2.26. The Morgan fingerprint density at radius 3 is 2.58 bits per heavy atom. The van der Waals surface area contributed by atoms with Crippen LogP contribution in [0.3, 0.4) is 0 Å². The molecule has 2 aromatic rings. The van der Waals surface area contributed by atoms with Crippen molar-refractivity contribution in [3.63, 3.8) is 0 Å². The summed E-state index contributed by atoms with van der Waals surface area (Å²) in [7, 11) is 3.00. The van der Waals surface area contributed by atoms with Crippen molar-refractivity contribution in [1.29, 1.82) is 0 Å². The molecule has 0 saturated carbocycles. The van der Waals surface area contributed by atoms with Gasteiger partial charge in [0.1, 0.15) is 30.7 Å². The lowest BCUT2D eigenvalue weighted by molar-refractivity contribution is -0.908. The van der Waals surface area contributed by atoms with Gasteiger partial charge < -0.3 is 33.5 Å². The van der Waals surface area contributed by atoms with Crippen molar-refractivity contribution >= 4 is 17.4 Å². The standard InChI is InChI=1S/C24H28N2O7/c1-30-17-7-6-16(15-19(17)31-2)22(27)20-21(18-5-3-12-33-18)26(24(29)23(20)28)9-4-8-25-10-13-32-14-11-25/h3,5-7,12,15,21,27H,4,8-11,13-14H2,1-2H3/p+1/t21-/m0/s1. The van der Waals surface area contributed by atoms with Gasteiger partial charge in [-0.15, -0.1) is 0 Å². The predicted octanol–water partition coefficient (Wildman–Crippen LogP) is 1.02. The summed E-state index contributed by atoms with van der Waals surface area (Å²) in [5.74, 6) is -0.341. The third kappa shape index (κ3) is 4.60. The number of nitrogens with one attached hydrogen (secondary N) is 1. The number of Topliss-reactive ketones (excluding diaryl/α,β-unsaturated/α-hetero) is 1. The van der Waals surface area contributed by atoms with Crippen molar-refractivity contribution in [3.05, 3.63) is 53.5 Å². The molecule has 0 aliphatic carbocycles. The highest BCUT2D eigenvalue weighted by Crippen LogP contribution is 2.40. The SMILES string of the molecule is COc1ccc(C(O)=C2C(=O)C(=O)N(CCC[NH+]3CCOCC3)[C@H]2c2ccco2)cc1OC. The highest BCUT2D eigenvalue weighted by atomic mass is 16.5. The molecule has 2 N–H and O–H groups in total. The van der Waals surface area contributed by atoms with Gasteiger partial charge in [0.15, 0.2) is 11.5 Å². The molecule has 0 spiro atoms. The Balaban J connectivity index is 1.65. The lowest BCUT2D eigenvalue weighted by atomic mass is 9.99. The summed E-state index contributed by atoms with van der Waals surface area (Å²) in [6, 6.07) is 7.43. The number of likely N-dealkylation sites (tertiary alicyclic amines) is 1. The number of benzene rings is 1. The molecular formula is C24H29N2O7+. The summed E-state index contributed by atoms with van der Waals surface area (Å²) in [6.45, 7) is 4.57. The van der Waals surface area contributed by atoms with Crippen LogP contribution in [0.5, 0.6) is 11.5 Å². The zero-order valence-electron chi connectivity index (χ0n) is 18.8. The van der Waals surface area contributed by atoms with Gasteiger partial charge >= 0.3 is 0 Å². The molecule has 2 saturated heterocycles. The van der Waals surface area contributed by atoms with Crippen LogP contribution in [0, 0.1) is 0 Å². The number of rotatable bonds is 8. The summed E-state index contributed by atoms with van der Waals surface area (Å²) in [4.78, 5) is 28.9. The minimum absolute atomic E-state index is 0.000823. The molecule has 2 aliphatic heterocycles. The normalized spacial score (nSPS) is 20.9. The highest BCUT2D eigenvalue weighted by molar-refractivity contribution is 6.46. The van der Waals surface area contributed by atoms with Gasteiger partial charge in [0.25, 0.3) is 11.7 Å². The van der Waals surface area contributed by atoms with E-state index in [0.717, 1.165) is 39.3 Å². The Morgan fingerprint density at radius 1 is 1.15 bits per heavy atom. The number of hydrogen-bond donors (Lipinski definition) is 2. The Labute approximate surface area is 192 Å². The topological polar surface area (TPSA) is 103 Å². The first-order valence-corrected chi connectivity index (χ1v) is 11.0. The first kappa shape index (κ1) is 22.9. The van der Waals surface area contributed by atoms with Crippen molar-refractivity contribution in [2.24, 2.45) is 0 Å². The zero-order chi connectivity index (χ0) is 23.4. The summed E-state index contributed by atoms with van der Waals surface area (Å²) < 4.78 is 21.5. The molecule has 33 heavy (non-hydrogen) atoms. The van der Waals surface area contributed by atoms with Crippen LogP contribution in [0.4, 0.5) is 0 Å².